The van der Waals surface area contributed by atoms with Gasteiger partial charge in [0.15, 0.2) is 0 Å². The molecule has 0 aliphatic carbocycles. The number of hydrogen-bond donors (Lipinski definition) is 4. The van der Waals surface area contributed by atoms with Crippen LogP contribution in [0.3, 0.4) is 0 Å². The summed E-state index contributed by atoms with van der Waals surface area (Å²) in [4.78, 5) is 26.6. The average Bonchev–Trinajstić information content (AvgIpc) is 2.65. The number of β-amino-alcohol motifs (C(OH)–C–C–N with tert-alkyl or cyclic N) is 2. The first-order valence-corrected chi connectivity index (χ1v) is 11.3. The summed E-state index contributed by atoms with van der Waals surface area (Å²) in [5.74, 6) is 0. The zero-order valence-electron chi connectivity index (χ0n) is 21.0. The lowest BCUT2D eigenvalue weighted by atomic mass is 10.0. The van der Waals surface area contributed by atoms with Gasteiger partial charge in [0, 0.05) is 25.2 Å². The van der Waals surface area contributed by atoms with Crippen LogP contribution >= 0.6 is 0 Å². The van der Waals surface area contributed by atoms with E-state index in [0.29, 0.717) is 26.2 Å². The molecule has 2 saturated heterocycles. The Morgan fingerprint density at radius 3 is 1.28 bits per heavy atom. The first kappa shape index (κ1) is 28.4. The molecule has 10 nitrogen and oxygen atoms in total. The largest absolute Gasteiger partial charge is 0.444 e. The van der Waals surface area contributed by atoms with Gasteiger partial charge in [-0.2, -0.15) is 0 Å². The standard InChI is InChI=1S/2C11H22N2O3/c2*1-11(2,3)16-10(15)13-6-5-8(12-4)9(14)7-13/h2*8-9,12,14H,5-7H2,1-4H3/t2*8-,9-/m10/s1. The second kappa shape index (κ2) is 12.0. The minimum Gasteiger partial charge on any atom is -0.444 e. The van der Waals surface area contributed by atoms with Crippen molar-refractivity contribution in [1.29, 1.82) is 0 Å². The molecule has 0 saturated carbocycles. The zero-order chi connectivity index (χ0) is 24.7. The summed E-state index contributed by atoms with van der Waals surface area (Å²) in [7, 11) is 3.63. The molecular formula is C22H44N4O6. The molecule has 0 bridgehead atoms. The molecule has 0 radical (unpaired) electrons. The molecular weight excluding hydrogens is 416 g/mol. The number of rotatable bonds is 2. The summed E-state index contributed by atoms with van der Waals surface area (Å²) in [6, 6.07) is 0.136. The first-order valence-electron chi connectivity index (χ1n) is 11.3. The van der Waals surface area contributed by atoms with E-state index in [9.17, 15) is 19.8 Å². The zero-order valence-corrected chi connectivity index (χ0v) is 21.0. The van der Waals surface area contributed by atoms with Crippen LogP contribution in [0.15, 0.2) is 0 Å². The Kier molecular flexibility index (Phi) is 10.7. The van der Waals surface area contributed by atoms with E-state index < -0.39 is 23.4 Å². The minimum absolute atomic E-state index is 0.0682. The van der Waals surface area contributed by atoms with E-state index in [0.717, 1.165) is 12.8 Å². The van der Waals surface area contributed by atoms with E-state index in [1.165, 1.54) is 0 Å². The molecule has 0 spiro atoms. The molecule has 4 atom stereocenters. The highest BCUT2D eigenvalue weighted by Gasteiger charge is 2.32. The maximum atomic E-state index is 11.7. The lowest BCUT2D eigenvalue weighted by Crippen LogP contribution is -2.54. The van der Waals surface area contributed by atoms with Crippen molar-refractivity contribution in [2.45, 2.75) is 89.9 Å². The third kappa shape index (κ3) is 9.89. The van der Waals surface area contributed by atoms with Crippen LogP contribution in [0.5, 0.6) is 0 Å². The van der Waals surface area contributed by atoms with Gasteiger partial charge < -0.3 is 40.1 Å². The maximum absolute atomic E-state index is 11.7. The summed E-state index contributed by atoms with van der Waals surface area (Å²) in [6.07, 6.45) is -0.242. The Labute approximate surface area is 192 Å². The number of amides is 2. The van der Waals surface area contributed by atoms with Crippen LogP contribution in [-0.4, -0.2) is 108 Å². The number of nitrogens with one attached hydrogen (secondary N) is 2. The SMILES string of the molecule is CN[C@@H]1CCN(C(=O)OC(C)(C)C)C[C@H]1O.CN[C@H]1CCN(C(=O)OC(C)(C)C)C[C@@H]1O. The quantitative estimate of drug-likeness (QED) is 0.484. The van der Waals surface area contributed by atoms with Gasteiger partial charge >= 0.3 is 12.2 Å². The van der Waals surface area contributed by atoms with Crippen molar-refractivity contribution < 1.29 is 29.3 Å². The smallest absolute Gasteiger partial charge is 0.410 e. The number of piperidine rings is 2. The van der Waals surface area contributed by atoms with Crippen LogP contribution in [0, 0.1) is 0 Å². The van der Waals surface area contributed by atoms with E-state index in [1.807, 2.05) is 55.6 Å². The van der Waals surface area contributed by atoms with Gasteiger partial charge in [0.2, 0.25) is 0 Å². The van der Waals surface area contributed by atoms with Gasteiger partial charge in [0.05, 0.1) is 25.3 Å². The van der Waals surface area contributed by atoms with Gasteiger partial charge in [-0.15, -0.1) is 0 Å². The van der Waals surface area contributed by atoms with Gasteiger partial charge in [-0.3, -0.25) is 0 Å². The number of aliphatic hydroxyl groups excluding tert-OH is 2. The van der Waals surface area contributed by atoms with E-state index in [-0.39, 0.29) is 24.3 Å². The molecule has 2 rings (SSSR count). The third-order valence-electron chi connectivity index (χ3n) is 5.21. The van der Waals surface area contributed by atoms with E-state index in [1.54, 1.807) is 9.80 Å². The van der Waals surface area contributed by atoms with Crippen molar-refractivity contribution in [3.8, 4) is 0 Å². The Morgan fingerprint density at radius 1 is 0.750 bits per heavy atom. The van der Waals surface area contributed by atoms with Crippen LogP contribution in [-0.2, 0) is 9.47 Å². The van der Waals surface area contributed by atoms with Crippen molar-refractivity contribution >= 4 is 12.2 Å². The number of nitrogens with zero attached hydrogens (tertiary/aromatic N) is 2. The Balaban J connectivity index is 0.000000320. The second-order valence-electron chi connectivity index (χ2n) is 10.4. The fourth-order valence-corrected chi connectivity index (χ4v) is 3.52. The minimum atomic E-state index is -0.522. The summed E-state index contributed by atoms with van der Waals surface area (Å²) in [5.41, 5.74) is -0.968. The number of hydrogen-bond acceptors (Lipinski definition) is 8. The van der Waals surface area contributed by atoms with Crippen molar-refractivity contribution in [1.82, 2.24) is 20.4 Å². The molecule has 0 aromatic carbocycles. The van der Waals surface area contributed by atoms with Crippen LogP contribution in [0.1, 0.15) is 54.4 Å². The fraction of sp³-hybridized carbons (Fsp3) is 0.909. The molecule has 188 valence electrons. The molecule has 2 aliphatic rings. The van der Waals surface area contributed by atoms with Crippen molar-refractivity contribution in [3.63, 3.8) is 0 Å². The molecule has 10 heteroatoms. The van der Waals surface area contributed by atoms with E-state index in [4.69, 9.17) is 9.47 Å². The third-order valence-corrected chi connectivity index (χ3v) is 5.21. The number of carbonyl (C=O) groups is 2. The van der Waals surface area contributed by atoms with Gasteiger partial charge in [-0.1, -0.05) is 0 Å². The van der Waals surface area contributed by atoms with Crippen molar-refractivity contribution in [2.24, 2.45) is 0 Å². The highest BCUT2D eigenvalue weighted by atomic mass is 16.6. The van der Waals surface area contributed by atoms with E-state index >= 15 is 0 Å². The Morgan fingerprint density at radius 2 is 1.06 bits per heavy atom. The molecule has 2 heterocycles. The second-order valence-corrected chi connectivity index (χ2v) is 10.4. The molecule has 32 heavy (non-hydrogen) atoms. The highest BCUT2D eigenvalue weighted by Crippen LogP contribution is 2.16. The summed E-state index contributed by atoms with van der Waals surface area (Å²) in [5, 5.41) is 25.6. The molecule has 4 N–H and O–H groups in total. The lowest BCUT2D eigenvalue weighted by molar-refractivity contribution is -0.00426. The average molecular weight is 461 g/mol. The molecule has 2 aliphatic heterocycles. The number of aliphatic hydroxyl groups is 2. The van der Waals surface area contributed by atoms with Crippen LogP contribution < -0.4 is 10.6 Å². The van der Waals surface area contributed by atoms with Crippen molar-refractivity contribution in [3.05, 3.63) is 0 Å². The monoisotopic (exact) mass is 460 g/mol. The fourth-order valence-electron chi connectivity index (χ4n) is 3.52. The lowest BCUT2D eigenvalue weighted by Gasteiger charge is -2.36. The van der Waals surface area contributed by atoms with Gasteiger partial charge in [-0.05, 0) is 68.5 Å². The summed E-state index contributed by atoms with van der Waals surface area (Å²) < 4.78 is 10.5. The van der Waals surface area contributed by atoms with Gasteiger partial charge in [-0.25, -0.2) is 9.59 Å². The van der Waals surface area contributed by atoms with Crippen LogP contribution in [0.4, 0.5) is 9.59 Å². The molecule has 0 unspecified atom stereocenters. The van der Waals surface area contributed by atoms with E-state index in [2.05, 4.69) is 10.6 Å². The number of ether oxygens (including phenoxy) is 2. The summed E-state index contributed by atoms with van der Waals surface area (Å²) >= 11 is 0. The molecule has 0 aromatic heterocycles. The predicted octanol–water partition coefficient (Wildman–Crippen LogP) is 1.15. The molecule has 2 fully saturated rings. The Bertz CT molecular complexity index is 552. The van der Waals surface area contributed by atoms with Gasteiger partial charge in [0.25, 0.3) is 0 Å². The molecule has 0 aromatic rings. The number of carbonyl (C=O) groups excluding carboxylic acids is 2. The highest BCUT2D eigenvalue weighted by molar-refractivity contribution is 5.68. The number of likely N-dealkylation sites (N-methyl/N-ethyl adjacent to an activating group) is 2. The molecule has 2 amide bonds. The normalized spacial score (nSPS) is 26.7. The topological polar surface area (TPSA) is 124 Å². The Hall–Kier alpha value is -1.62. The summed E-state index contributed by atoms with van der Waals surface area (Å²) in [6.45, 7) is 12.9. The van der Waals surface area contributed by atoms with Crippen molar-refractivity contribution in [2.75, 3.05) is 40.3 Å². The van der Waals surface area contributed by atoms with Crippen LogP contribution in [0.25, 0.3) is 0 Å². The number of likely N-dealkylation sites (tertiary alicyclic amines) is 2. The predicted molar refractivity (Wildman–Crippen MR) is 123 cm³/mol. The maximum Gasteiger partial charge on any atom is 0.410 e. The first-order chi connectivity index (χ1) is 14.7. The van der Waals surface area contributed by atoms with Gasteiger partial charge in [0.1, 0.15) is 11.2 Å². The van der Waals surface area contributed by atoms with Crippen LogP contribution in [0.2, 0.25) is 0 Å².